The summed E-state index contributed by atoms with van der Waals surface area (Å²) in [6.45, 7) is 0. The molecule has 18 heavy (non-hydrogen) atoms. The molecule has 0 saturated carbocycles. The number of carbonyl (C=O) groups excluding carboxylic acids is 1. The zero-order chi connectivity index (χ0) is 13.9. The zero-order valence-corrected chi connectivity index (χ0v) is 10.9. The monoisotopic (exact) mass is 340 g/mol. The number of amides is 1. The molecule has 0 spiro atoms. The van der Waals surface area contributed by atoms with E-state index in [1.165, 1.54) is 0 Å². The average Bonchev–Trinajstić information content (AvgIpc) is 2.20. The first-order valence-corrected chi connectivity index (χ1v) is 5.66. The second kappa shape index (κ2) is 5.59. The summed E-state index contributed by atoms with van der Waals surface area (Å²) in [7, 11) is 0. The number of alkyl halides is 3. The number of carbonyl (C=O) groups is 1. The minimum absolute atomic E-state index is 0.0545. The summed E-state index contributed by atoms with van der Waals surface area (Å²) >= 11 is 8.45. The number of hydrogen-bond acceptors (Lipinski definition) is 2. The second-order valence-corrected chi connectivity index (χ2v) is 4.45. The van der Waals surface area contributed by atoms with Gasteiger partial charge in [-0.05, 0) is 12.1 Å². The van der Waals surface area contributed by atoms with Crippen LogP contribution in [0, 0.1) is 11.3 Å². The van der Waals surface area contributed by atoms with Crippen LogP contribution in [0.2, 0.25) is 5.02 Å². The molecule has 96 valence electrons. The van der Waals surface area contributed by atoms with Crippen molar-refractivity contribution in [3.05, 3.63) is 27.2 Å². The van der Waals surface area contributed by atoms with Gasteiger partial charge in [-0.25, -0.2) is 0 Å². The van der Waals surface area contributed by atoms with Gasteiger partial charge in [-0.3, -0.25) is 4.79 Å². The van der Waals surface area contributed by atoms with Crippen molar-refractivity contribution < 1.29 is 18.0 Å². The number of nitriles is 1. The fourth-order valence-corrected chi connectivity index (χ4v) is 2.04. The molecule has 0 heterocycles. The van der Waals surface area contributed by atoms with E-state index in [4.69, 9.17) is 16.9 Å². The average molecular weight is 342 g/mol. The molecule has 0 radical (unpaired) electrons. The van der Waals surface area contributed by atoms with Crippen molar-refractivity contribution >= 4 is 39.1 Å². The smallest absolute Gasteiger partial charge is 0.324 e. The van der Waals surface area contributed by atoms with E-state index in [2.05, 4.69) is 21.2 Å². The van der Waals surface area contributed by atoms with Crippen LogP contribution < -0.4 is 5.32 Å². The Morgan fingerprint density at radius 3 is 2.61 bits per heavy atom. The molecule has 0 bridgehead atoms. The topological polar surface area (TPSA) is 52.9 Å². The number of benzene rings is 1. The minimum Gasteiger partial charge on any atom is -0.324 e. The fraction of sp³-hybridized carbons (Fsp3) is 0.200. The highest BCUT2D eigenvalue weighted by Gasteiger charge is 2.33. The third-order valence-electron chi connectivity index (χ3n) is 1.88. The summed E-state index contributed by atoms with van der Waals surface area (Å²) in [5.41, 5.74) is -1.15. The molecule has 0 aliphatic carbocycles. The number of nitrogens with zero attached hydrogens (tertiary/aromatic N) is 1. The molecular weight excluding hydrogens is 336 g/mol. The Morgan fingerprint density at radius 1 is 1.50 bits per heavy atom. The molecule has 1 amide bonds. The molecule has 0 saturated heterocycles. The maximum Gasteiger partial charge on any atom is 0.417 e. The van der Waals surface area contributed by atoms with E-state index in [-0.39, 0.29) is 15.2 Å². The number of hydrogen-bond donors (Lipinski definition) is 1. The molecule has 0 atom stereocenters. The number of nitrogens with one attached hydrogen (secondary N) is 1. The van der Waals surface area contributed by atoms with Crippen LogP contribution >= 0.6 is 27.5 Å². The van der Waals surface area contributed by atoms with Crippen LogP contribution in [0.25, 0.3) is 0 Å². The third kappa shape index (κ3) is 3.62. The molecule has 3 nitrogen and oxygen atoms in total. The Kier molecular flexibility index (Phi) is 4.59. The second-order valence-electron chi connectivity index (χ2n) is 3.19. The predicted molar refractivity (Wildman–Crippen MR) is 63.0 cm³/mol. The lowest BCUT2D eigenvalue weighted by molar-refractivity contribution is -0.138. The summed E-state index contributed by atoms with van der Waals surface area (Å²) in [6.07, 6.45) is -5.04. The van der Waals surface area contributed by atoms with Crippen molar-refractivity contribution in [1.82, 2.24) is 0 Å². The van der Waals surface area contributed by atoms with Crippen molar-refractivity contribution in [2.75, 3.05) is 5.32 Å². The Bertz CT molecular complexity index is 525. The van der Waals surface area contributed by atoms with Gasteiger partial charge in [0.15, 0.2) is 0 Å². The van der Waals surface area contributed by atoms with Gasteiger partial charge in [0.05, 0.1) is 22.3 Å². The highest BCUT2D eigenvalue weighted by Crippen LogP contribution is 2.39. The normalized spacial score (nSPS) is 10.9. The number of rotatable bonds is 2. The Labute approximate surface area is 114 Å². The highest BCUT2D eigenvalue weighted by molar-refractivity contribution is 9.10. The SMILES string of the molecule is N#CCC(=O)Nc1cc(C(F)(F)F)c(Br)cc1Cl. The van der Waals surface area contributed by atoms with E-state index in [0.29, 0.717) is 6.07 Å². The predicted octanol–water partition coefficient (Wildman–Crippen LogP) is 3.97. The van der Waals surface area contributed by atoms with Crippen LogP contribution in [-0.2, 0) is 11.0 Å². The van der Waals surface area contributed by atoms with Crippen LogP contribution in [0.4, 0.5) is 18.9 Å². The van der Waals surface area contributed by atoms with Gasteiger partial charge >= 0.3 is 6.18 Å². The van der Waals surface area contributed by atoms with Gasteiger partial charge in [0.25, 0.3) is 0 Å². The van der Waals surface area contributed by atoms with E-state index >= 15 is 0 Å². The van der Waals surface area contributed by atoms with Gasteiger partial charge in [-0.1, -0.05) is 27.5 Å². The minimum atomic E-state index is -4.57. The van der Waals surface area contributed by atoms with E-state index in [1.54, 1.807) is 6.07 Å². The van der Waals surface area contributed by atoms with E-state index in [1.807, 2.05) is 0 Å². The van der Waals surface area contributed by atoms with Crippen LogP contribution in [0.1, 0.15) is 12.0 Å². The van der Waals surface area contributed by atoms with Gasteiger partial charge in [0, 0.05) is 4.47 Å². The summed E-state index contributed by atoms with van der Waals surface area (Å²) in [6, 6.07) is 3.32. The van der Waals surface area contributed by atoms with Crippen LogP contribution in [-0.4, -0.2) is 5.91 Å². The first-order chi connectivity index (χ1) is 8.25. The van der Waals surface area contributed by atoms with Crippen molar-refractivity contribution in [3.63, 3.8) is 0 Å². The highest BCUT2D eigenvalue weighted by atomic mass is 79.9. The summed E-state index contributed by atoms with van der Waals surface area (Å²) < 4.78 is 37.6. The van der Waals surface area contributed by atoms with Crippen molar-refractivity contribution in [3.8, 4) is 6.07 Å². The first kappa shape index (κ1) is 14.8. The quantitative estimate of drug-likeness (QED) is 0.885. The Morgan fingerprint density at radius 2 is 2.11 bits per heavy atom. The van der Waals surface area contributed by atoms with E-state index < -0.39 is 24.1 Å². The molecule has 1 aromatic carbocycles. The lowest BCUT2D eigenvalue weighted by Crippen LogP contribution is -2.13. The van der Waals surface area contributed by atoms with E-state index in [0.717, 1.165) is 6.07 Å². The zero-order valence-electron chi connectivity index (χ0n) is 8.61. The van der Waals surface area contributed by atoms with Crippen LogP contribution in [0.15, 0.2) is 16.6 Å². The summed E-state index contributed by atoms with van der Waals surface area (Å²) in [4.78, 5) is 11.1. The molecule has 0 aromatic heterocycles. The molecular formula is C10H5BrClF3N2O. The number of halogens is 5. The van der Waals surface area contributed by atoms with Crippen LogP contribution in [0.5, 0.6) is 0 Å². The molecule has 1 N–H and O–H groups in total. The third-order valence-corrected chi connectivity index (χ3v) is 2.84. The molecule has 0 fully saturated rings. The van der Waals surface area contributed by atoms with Crippen LogP contribution in [0.3, 0.4) is 0 Å². The molecule has 0 unspecified atom stereocenters. The lowest BCUT2D eigenvalue weighted by atomic mass is 10.2. The van der Waals surface area contributed by atoms with Gasteiger partial charge in [-0.2, -0.15) is 18.4 Å². The van der Waals surface area contributed by atoms with Crippen molar-refractivity contribution in [2.24, 2.45) is 0 Å². The maximum absolute atomic E-state index is 12.6. The largest absolute Gasteiger partial charge is 0.417 e. The first-order valence-electron chi connectivity index (χ1n) is 4.48. The standard InChI is InChI=1S/C10H5BrClF3N2O/c11-6-4-7(12)8(17-9(18)1-2-16)3-5(6)10(13,14)15/h3-4H,1H2,(H,17,18). The summed E-state index contributed by atoms with van der Waals surface area (Å²) in [5, 5.41) is 10.4. The number of anilines is 1. The van der Waals surface area contributed by atoms with Gasteiger partial charge in [0.1, 0.15) is 6.42 Å². The molecule has 0 aliphatic heterocycles. The van der Waals surface area contributed by atoms with Crippen molar-refractivity contribution in [1.29, 1.82) is 5.26 Å². The van der Waals surface area contributed by atoms with Gasteiger partial charge in [0.2, 0.25) is 5.91 Å². The Hall–Kier alpha value is -1.26. The lowest BCUT2D eigenvalue weighted by Gasteiger charge is -2.13. The Balaban J connectivity index is 3.14. The van der Waals surface area contributed by atoms with Gasteiger partial charge < -0.3 is 5.32 Å². The molecule has 0 aliphatic rings. The van der Waals surface area contributed by atoms with E-state index in [9.17, 15) is 18.0 Å². The summed E-state index contributed by atoms with van der Waals surface area (Å²) in [5.74, 6) is -0.727. The van der Waals surface area contributed by atoms with Gasteiger partial charge in [-0.15, -0.1) is 0 Å². The fourth-order valence-electron chi connectivity index (χ4n) is 1.13. The van der Waals surface area contributed by atoms with Crippen molar-refractivity contribution in [2.45, 2.75) is 12.6 Å². The molecule has 8 heteroatoms. The maximum atomic E-state index is 12.6. The molecule has 1 aromatic rings. The molecule has 1 rings (SSSR count).